The second kappa shape index (κ2) is 5.64. The smallest absolute Gasteiger partial charge is 0.122 e. The predicted molar refractivity (Wildman–Crippen MR) is 77.2 cm³/mol. The molecular formula is C15H20N4O. The van der Waals surface area contributed by atoms with E-state index >= 15 is 0 Å². The van der Waals surface area contributed by atoms with Crippen molar-refractivity contribution in [1.82, 2.24) is 15.2 Å². The molecule has 20 heavy (non-hydrogen) atoms. The number of benzene rings is 1. The first-order valence-corrected chi connectivity index (χ1v) is 6.96. The van der Waals surface area contributed by atoms with Gasteiger partial charge in [0.25, 0.3) is 0 Å². The largest absolute Gasteiger partial charge is 0.493 e. The number of ether oxygens (including phenoxy) is 1. The van der Waals surface area contributed by atoms with E-state index in [2.05, 4.69) is 28.7 Å². The highest BCUT2D eigenvalue weighted by Gasteiger charge is 2.15. The molecular weight excluding hydrogens is 252 g/mol. The first-order chi connectivity index (χ1) is 9.76. The fraction of sp³-hybridized carbons (Fsp3) is 0.400. The van der Waals surface area contributed by atoms with Gasteiger partial charge in [-0.2, -0.15) is 5.10 Å². The summed E-state index contributed by atoms with van der Waals surface area (Å²) in [6, 6.07) is 8.54. The van der Waals surface area contributed by atoms with E-state index in [0.717, 1.165) is 37.3 Å². The number of fused-ring (bicyclic) bond motifs is 1. The van der Waals surface area contributed by atoms with Crippen molar-refractivity contribution in [2.75, 3.05) is 6.61 Å². The third-order valence-electron chi connectivity index (χ3n) is 3.77. The lowest BCUT2D eigenvalue weighted by Gasteiger charge is -2.13. The van der Waals surface area contributed by atoms with Gasteiger partial charge >= 0.3 is 0 Å². The van der Waals surface area contributed by atoms with Gasteiger partial charge in [0, 0.05) is 19.7 Å². The maximum absolute atomic E-state index is 5.65. The van der Waals surface area contributed by atoms with E-state index in [0.29, 0.717) is 0 Å². The van der Waals surface area contributed by atoms with Crippen LogP contribution < -0.4 is 16.0 Å². The summed E-state index contributed by atoms with van der Waals surface area (Å²) >= 11 is 0. The minimum Gasteiger partial charge on any atom is -0.493 e. The molecule has 1 aromatic heterocycles. The highest BCUT2D eigenvalue weighted by molar-refractivity contribution is 5.39. The molecule has 0 fully saturated rings. The Balaban J connectivity index is 1.66. The lowest BCUT2D eigenvalue weighted by Crippen LogP contribution is -2.28. The van der Waals surface area contributed by atoms with Gasteiger partial charge < -0.3 is 4.74 Å². The van der Waals surface area contributed by atoms with Crippen molar-refractivity contribution in [1.29, 1.82) is 0 Å². The van der Waals surface area contributed by atoms with Crippen molar-refractivity contribution in [3.63, 3.8) is 0 Å². The molecule has 1 aromatic carbocycles. The zero-order valence-electron chi connectivity index (χ0n) is 11.7. The summed E-state index contributed by atoms with van der Waals surface area (Å²) in [5.41, 5.74) is 6.48. The van der Waals surface area contributed by atoms with Crippen molar-refractivity contribution in [3.8, 4) is 5.75 Å². The first-order valence-electron chi connectivity index (χ1n) is 6.96. The standard InChI is InChI=1S/C15H20N4O/c1-19-8-6-14(18-19)13(17-16)4-2-11-3-5-15-12(10-11)7-9-20-15/h3,5-6,8,10,13,17H,2,4,7,9,16H2,1H3. The quantitative estimate of drug-likeness (QED) is 0.639. The van der Waals surface area contributed by atoms with Crippen molar-refractivity contribution >= 4 is 0 Å². The number of hydrogen-bond donors (Lipinski definition) is 2. The van der Waals surface area contributed by atoms with Gasteiger partial charge in [-0.25, -0.2) is 0 Å². The van der Waals surface area contributed by atoms with Crippen LogP contribution in [0.3, 0.4) is 0 Å². The SMILES string of the molecule is Cn1ccc(C(CCc2ccc3c(c2)CCO3)NN)n1. The number of aromatic nitrogens is 2. The molecule has 5 heteroatoms. The minimum absolute atomic E-state index is 0.0840. The Labute approximate surface area is 118 Å². The summed E-state index contributed by atoms with van der Waals surface area (Å²) in [6.45, 7) is 0.805. The van der Waals surface area contributed by atoms with E-state index in [-0.39, 0.29) is 6.04 Å². The molecule has 106 valence electrons. The molecule has 0 spiro atoms. The number of nitrogens with zero attached hydrogens (tertiary/aromatic N) is 2. The van der Waals surface area contributed by atoms with Gasteiger partial charge in [0.05, 0.1) is 18.3 Å². The molecule has 0 saturated heterocycles. The number of aryl methyl sites for hydroxylation is 2. The van der Waals surface area contributed by atoms with E-state index in [9.17, 15) is 0 Å². The van der Waals surface area contributed by atoms with Crippen LogP contribution in [0.2, 0.25) is 0 Å². The lowest BCUT2D eigenvalue weighted by molar-refractivity contribution is 0.357. The van der Waals surface area contributed by atoms with Crippen LogP contribution in [-0.2, 0) is 19.9 Å². The second-order valence-electron chi connectivity index (χ2n) is 5.21. The van der Waals surface area contributed by atoms with Gasteiger partial charge in [-0.05, 0) is 36.1 Å². The Morgan fingerprint density at radius 1 is 1.45 bits per heavy atom. The van der Waals surface area contributed by atoms with E-state index < -0.39 is 0 Å². The molecule has 0 saturated carbocycles. The zero-order valence-corrected chi connectivity index (χ0v) is 11.7. The number of hydrazine groups is 1. The normalized spacial score (nSPS) is 14.9. The van der Waals surface area contributed by atoms with Crippen molar-refractivity contribution < 1.29 is 4.74 Å². The first kappa shape index (κ1) is 13.1. The Bertz CT molecular complexity index is 593. The van der Waals surface area contributed by atoms with E-state index in [4.69, 9.17) is 10.6 Å². The predicted octanol–water partition coefficient (Wildman–Crippen LogP) is 1.49. The Morgan fingerprint density at radius 2 is 2.35 bits per heavy atom. The second-order valence-corrected chi connectivity index (χ2v) is 5.21. The molecule has 2 aromatic rings. The molecule has 5 nitrogen and oxygen atoms in total. The van der Waals surface area contributed by atoms with Crippen LogP contribution in [0.25, 0.3) is 0 Å². The molecule has 0 radical (unpaired) electrons. The summed E-state index contributed by atoms with van der Waals surface area (Å²) in [5.74, 6) is 6.68. The van der Waals surface area contributed by atoms with Gasteiger partial charge in [0.1, 0.15) is 5.75 Å². The Morgan fingerprint density at radius 3 is 3.10 bits per heavy atom. The minimum atomic E-state index is 0.0840. The van der Waals surface area contributed by atoms with E-state index in [1.165, 1.54) is 11.1 Å². The van der Waals surface area contributed by atoms with Gasteiger partial charge in [0.2, 0.25) is 0 Å². The summed E-state index contributed by atoms with van der Waals surface area (Å²) in [5, 5.41) is 4.41. The fourth-order valence-corrected chi connectivity index (χ4v) is 2.64. The molecule has 0 bridgehead atoms. The van der Waals surface area contributed by atoms with Crippen LogP contribution in [0.15, 0.2) is 30.5 Å². The Kier molecular flexibility index (Phi) is 3.71. The van der Waals surface area contributed by atoms with Gasteiger partial charge in [-0.1, -0.05) is 12.1 Å². The summed E-state index contributed by atoms with van der Waals surface area (Å²) in [6.07, 6.45) is 4.85. The third kappa shape index (κ3) is 2.69. The molecule has 2 heterocycles. The molecule has 1 unspecified atom stereocenters. The van der Waals surface area contributed by atoms with Crippen LogP contribution in [0.4, 0.5) is 0 Å². The van der Waals surface area contributed by atoms with Crippen molar-refractivity contribution in [3.05, 3.63) is 47.3 Å². The fourth-order valence-electron chi connectivity index (χ4n) is 2.64. The maximum atomic E-state index is 5.65. The van der Waals surface area contributed by atoms with Gasteiger partial charge in [-0.15, -0.1) is 0 Å². The Hall–Kier alpha value is -1.85. The number of nitrogens with two attached hydrogens (primary N) is 1. The van der Waals surface area contributed by atoms with Gasteiger partial charge in [0.15, 0.2) is 0 Å². The highest BCUT2D eigenvalue weighted by atomic mass is 16.5. The number of nitrogens with one attached hydrogen (secondary N) is 1. The average Bonchev–Trinajstić information content (AvgIpc) is 3.08. The summed E-state index contributed by atoms with van der Waals surface area (Å²) < 4.78 is 7.33. The molecule has 3 N–H and O–H groups in total. The molecule has 3 rings (SSSR count). The van der Waals surface area contributed by atoms with Crippen LogP contribution >= 0.6 is 0 Å². The number of rotatable bonds is 5. The third-order valence-corrected chi connectivity index (χ3v) is 3.77. The lowest BCUT2D eigenvalue weighted by atomic mass is 10.0. The molecule has 1 aliphatic heterocycles. The summed E-state index contributed by atoms with van der Waals surface area (Å²) in [7, 11) is 1.91. The molecule has 1 aliphatic rings. The number of hydrogen-bond acceptors (Lipinski definition) is 4. The van der Waals surface area contributed by atoms with E-state index in [1.807, 2.05) is 19.3 Å². The van der Waals surface area contributed by atoms with Gasteiger partial charge in [-0.3, -0.25) is 16.0 Å². The van der Waals surface area contributed by atoms with Crippen LogP contribution in [0.5, 0.6) is 5.75 Å². The van der Waals surface area contributed by atoms with Crippen molar-refractivity contribution in [2.45, 2.75) is 25.3 Å². The molecule has 0 amide bonds. The van der Waals surface area contributed by atoms with E-state index in [1.54, 1.807) is 4.68 Å². The highest BCUT2D eigenvalue weighted by Crippen LogP contribution is 2.27. The van der Waals surface area contributed by atoms with Crippen LogP contribution in [0.1, 0.15) is 29.3 Å². The van der Waals surface area contributed by atoms with Crippen LogP contribution in [-0.4, -0.2) is 16.4 Å². The van der Waals surface area contributed by atoms with Crippen LogP contribution in [0, 0.1) is 0 Å². The maximum Gasteiger partial charge on any atom is 0.122 e. The molecule has 0 aliphatic carbocycles. The molecule has 1 atom stereocenters. The average molecular weight is 272 g/mol. The topological polar surface area (TPSA) is 65.1 Å². The summed E-state index contributed by atoms with van der Waals surface area (Å²) in [4.78, 5) is 0. The zero-order chi connectivity index (χ0) is 13.9. The van der Waals surface area contributed by atoms with Crippen molar-refractivity contribution in [2.24, 2.45) is 12.9 Å². The monoisotopic (exact) mass is 272 g/mol.